The smallest absolute Gasteiger partial charge is 0.271 e. The van der Waals surface area contributed by atoms with Crippen LogP contribution >= 0.6 is 11.6 Å². The maximum absolute atomic E-state index is 11.6. The summed E-state index contributed by atoms with van der Waals surface area (Å²) >= 11 is 5.86. The van der Waals surface area contributed by atoms with Gasteiger partial charge in [-0.3, -0.25) is 14.9 Å². The van der Waals surface area contributed by atoms with Gasteiger partial charge in [-0.1, -0.05) is 11.6 Å². The van der Waals surface area contributed by atoms with Crippen molar-refractivity contribution in [3.8, 4) is 0 Å². The van der Waals surface area contributed by atoms with Crippen LogP contribution in [0.1, 0.15) is 12.8 Å². The van der Waals surface area contributed by atoms with Crippen LogP contribution in [0.5, 0.6) is 0 Å². The average molecular weight is 272 g/mol. The molecule has 6 nitrogen and oxygen atoms in total. The normalized spacial score (nSPS) is 10.1. The van der Waals surface area contributed by atoms with E-state index in [2.05, 4.69) is 10.6 Å². The summed E-state index contributed by atoms with van der Waals surface area (Å²) < 4.78 is 0. The molecule has 0 unspecified atom stereocenters. The fourth-order valence-electron chi connectivity index (χ4n) is 1.36. The molecule has 1 amide bonds. The molecule has 1 aromatic rings. The van der Waals surface area contributed by atoms with E-state index in [0.717, 1.165) is 6.54 Å². The Morgan fingerprint density at radius 2 is 2.22 bits per heavy atom. The maximum atomic E-state index is 11.6. The van der Waals surface area contributed by atoms with Crippen molar-refractivity contribution in [1.82, 2.24) is 5.32 Å². The van der Waals surface area contributed by atoms with Crippen molar-refractivity contribution in [1.29, 1.82) is 0 Å². The third kappa shape index (κ3) is 4.31. The summed E-state index contributed by atoms with van der Waals surface area (Å²) in [6, 6.07) is 3.93. The fourth-order valence-corrected chi connectivity index (χ4v) is 1.53. The van der Waals surface area contributed by atoms with Gasteiger partial charge in [-0.15, -0.1) is 0 Å². The summed E-state index contributed by atoms with van der Waals surface area (Å²) in [6.45, 7) is 0.732. The molecule has 0 saturated heterocycles. The second-order valence-electron chi connectivity index (χ2n) is 3.68. The predicted molar refractivity (Wildman–Crippen MR) is 69.9 cm³/mol. The van der Waals surface area contributed by atoms with Gasteiger partial charge >= 0.3 is 0 Å². The molecular weight excluding hydrogens is 258 g/mol. The molecule has 0 saturated carbocycles. The molecule has 0 bridgehead atoms. The lowest BCUT2D eigenvalue weighted by molar-refractivity contribution is -0.384. The molecule has 0 radical (unpaired) electrons. The number of nitro benzene ring substituents is 1. The molecule has 98 valence electrons. The van der Waals surface area contributed by atoms with E-state index in [1.807, 2.05) is 0 Å². The topological polar surface area (TPSA) is 84.3 Å². The summed E-state index contributed by atoms with van der Waals surface area (Å²) in [6.07, 6.45) is 1.02. The van der Waals surface area contributed by atoms with Gasteiger partial charge in [0.15, 0.2) is 0 Å². The van der Waals surface area contributed by atoms with E-state index in [9.17, 15) is 14.9 Å². The first kappa shape index (κ1) is 14.4. The van der Waals surface area contributed by atoms with E-state index in [-0.39, 0.29) is 22.3 Å². The van der Waals surface area contributed by atoms with E-state index in [4.69, 9.17) is 11.6 Å². The monoisotopic (exact) mass is 271 g/mol. The number of non-ortho nitro benzene ring substituents is 1. The highest BCUT2D eigenvalue weighted by Gasteiger charge is 2.11. The van der Waals surface area contributed by atoms with Crippen LogP contribution in [-0.2, 0) is 4.79 Å². The van der Waals surface area contributed by atoms with Gasteiger partial charge < -0.3 is 10.6 Å². The van der Waals surface area contributed by atoms with E-state index < -0.39 is 4.92 Å². The number of hydrogen-bond donors (Lipinski definition) is 2. The number of carbonyl (C=O) groups is 1. The summed E-state index contributed by atoms with van der Waals surface area (Å²) in [5.74, 6) is -0.215. The van der Waals surface area contributed by atoms with Gasteiger partial charge in [-0.25, -0.2) is 0 Å². The van der Waals surface area contributed by atoms with E-state index in [1.54, 1.807) is 7.05 Å². The van der Waals surface area contributed by atoms with Crippen molar-refractivity contribution in [2.24, 2.45) is 0 Å². The number of nitro groups is 1. The van der Waals surface area contributed by atoms with E-state index in [0.29, 0.717) is 12.8 Å². The Hall–Kier alpha value is -1.66. The lowest BCUT2D eigenvalue weighted by Gasteiger charge is -2.06. The van der Waals surface area contributed by atoms with Crippen LogP contribution in [-0.4, -0.2) is 24.4 Å². The minimum Gasteiger partial charge on any atom is -0.325 e. The van der Waals surface area contributed by atoms with Crippen molar-refractivity contribution in [3.05, 3.63) is 33.3 Å². The first-order valence-corrected chi connectivity index (χ1v) is 5.80. The number of nitrogens with zero attached hydrogens (tertiary/aromatic N) is 1. The van der Waals surface area contributed by atoms with Crippen molar-refractivity contribution in [2.45, 2.75) is 12.8 Å². The summed E-state index contributed by atoms with van der Waals surface area (Å²) in [4.78, 5) is 21.6. The molecular formula is C11H14ClN3O3. The highest BCUT2D eigenvalue weighted by Crippen LogP contribution is 2.26. The SMILES string of the molecule is CNCCCC(=O)Nc1cc([N+](=O)[O-])ccc1Cl. The number of anilines is 1. The van der Waals surface area contributed by atoms with Crippen molar-refractivity contribution >= 4 is 28.9 Å². The molecule has 2 N–H and O–H groups in total. The number of nitrogens with one attached hydrogen (secondary N) is 2. The van der Waals surface area contributed by atoms with Crippen LogP contribution in [0.25, 0.3) is 0 Å². The van der Waals surface area contributed by atoms with Crippen LogP contribution in [0.2, 0.25) is 5.02 Å². The third-order valence-electron chi connectivity index (χ3n) is 2.27. The van der Waals surface area contributed by atoms with Crippen LogP contribution < -0.4 is 10.6 Å². The van der Waals surface area contributed by atoms with Crippen LogP contribution in [0.15, 0.2) is 18.2 Å². The van der Waals surface area contributed by atoms with Crippen molar-refractivity contribution in [2.75, 3.05) is 18.9 Å². The van der Waals surface area contributed by atoms with Gasteiger partial charge in [0.2, 0.25) is 5.91 Å². The number of hydrogen-bond acceptors (Lipinski definition) is 4. The average Bonchev–Trinajstić information content (AvgIpc) is 2.32. The van der Waals surface area contributed by atoms with E-state index in [1.165, 1.54) is 18.2 Å². The Morgan fingerprint density at radius 1 is 1.50 bits per heavy atom. The number of halogens is 1. The fraction of sp³-hybridized carbons (Fsp3) is 0.364. The zero-order chi connectivity index (χ0) is 13.5. The van der Waals surface area contributed by atoms with Crippen LogP contribution in [0.3, 0.4) is 0 Å². The standard InChI is InChI=1S/C11H14ClN3O3/c1-13-6-2-3-11(16)14-10-7-8(15(17)18)4-5-9(10)12/h4-5,7,13H,2-3,6H2,1H3,(H,14,16). The molecule has 0 fully saturated rings. The van der Waals surface area contributed by atoms with Gasteiger partial charge in [0, 0.05) is 18.6 Å². The first-order chi connectivity index (χ1) is 8.54. The lowest BCUT2D eigenvalue weighted by Crippen LogP contribution is -2.15. The molecule has 0 aliphatic heterocycles. The largest absolute Gasteiger partial charge is 0.325 e. The Labute approximate surface area is 109 Å². The molecule has 0 aromatic heterocycles. The third-order valence-corrected chi connectivity index (χ3v) is 2.60. The minimum atomic E-state index is -0.535. The van der Waals surface area contributed by atoms with Gasteiger partial charge in [-0.05, 0) is 26.1 Å². The molecule has 0 atom stereocenters. The molecule has 0 heterocycles. The van der Waals surface area contributed by atoms with Crippen molar-refractivity contribution < 1.29 is 9.72 Å². The van der Waals surface area contributed by atoms with Crippen LogP contribution in [0.4, 0.5) is 11.4 Å². The Morgan fingerprint density at radius 3 is 2.83 bits per heavy atom. The quantitative estimate of drug-likeness (QED) is 0.472. The molecule has 7 heteroatoms. The molecule has 0 spiro atoms. The second kappa shape index (κ2) is 6.93. The summed E-state index contributed by atoms with van der Waals surface area (Å²) in [5.41, 5.74) is 0.158. The Balaban J connectivity index is 2.68. The van der Waals surface area contributed by atoms with E-state index >= 15 is 0 Å². The predicted octanol–water partition coefficient (Wildman–Crippen LogP) is 2.19. The molecule has 0 aliphatic rings. The van der Waals surface area contributed by atoms with Gasteiger partial charge in [0.1, 0.15) is 0 Å². The number of amides is 1. The molecule has 1 rings (SSSR count). The van der Waals surface area contributed by atoms with Gasteiger partial charge in [0.05, 0.1) is 15.6 Å². The van der Waals surface area contributed by atoms with Gasteiger partial charge in [0.25, 0.3) is 5.69 Å². The number of rotatable bonds is 6. The van der Waals surface area contributed by atoms with Crippen molar-refractivity contribution in [3.63, 3.8) is 0 Å². The lowest BCUT2D eigenvalue weighted by atomic mass is 10.2. The molecule has 18 heavy (non-hydrogen) atoms. The zero-order valence-electron chi connectivity index (χ0n) is 9.90. The Bertz CT molecular complexity index is 451. The first-order valence-electron chi connectivity index (χ1n) is 5.43. The van der Waals surface area contributed by atoms with Crippen LogP contribution in [0, 0.1) is 10.1 Å². The highest BCUT2D eigenvalue weighted by atomic mass is 35.5. The number of carbonyl (C=O) groups excluding carboxylic acids is 1. The summed E-state index contributed by atoms with van der Waals surface area (Å²) in [7, 11) is 1.80. The second-order valence-corrected chi connectivity index (χ2v) is 4.08. The molecule has 0 aliphatic carbocycles. The zero-order valence-corrected chi connectivity index (χ0v) is 10.7. The molecule has 1 aromatic carbocycles. The highest BCUT2D eigenvalue weighted by molar-refractivity contribution is 6.33. The minimum absolute atomic E-state index is 0.107. The summed E-state index contributed by atoms with van der Waals surface area (Å²) in [5, 5.41) is 16.4. The Kier molecular flexibility index (Phi) is 5.54. The van der Waals surface area contributed by atoms with Gasteiger partial charge in [-0.2, -0.15) is 0 Å². The number of benzene rings is 1. The maximum Gasteiger partial charge on any atom is 0.271 e.